The molecule has 0 amide bonds. The second-order valence-corrected chi connectivity index (χ2v) is 5.35. The molecule has 1 rings (SSSR count). The molecule has 2 atom stereocenters. The number of halogens is 2. The Balaban J connectivity index is 2.81. The van der Waals surface area contributed by atoms with Gasteiger partial charge in [0, 0.05) is 21.0 Å². The van der Waals surface area contributed by atoms with Gasteiger partial charge in [-0.3, -0.25) is 0 Å². The molecule has 1 N–H and O–H groups in total. The van der Waals surface area contributed by atoms with Crippen LogP contribution in [-0.2, 0) is 0 Å². The van der Waals surface area contributed by atoms with E-state index < -0.39 is 0 Å². The predicted molar refractivity (Wildman–Crippen MR) is 73.1 cm³/mol. The number of rotatable bonds is 4. The maximum absolute atomic E-state index is 3.76. The van der Waals surface area contributed by atoms with E-state index in [1.807, 2.05) is 6.08 Å². The lowest BCUT2D eigenvalue weighted by atomic mass is 10.1. The highest BCUT2D eigenvalue weighted by molar-refractivity contribution is 9.11. The Morgan fingerprint density at radius 2 is 2.00 bits per heavy atom. The van der Waals surface area contributed by atoms with Crippen molar-refractivity contribution in [2.24, 2.45) is 0 Å². The van der Waals surface area contributed by atoms with Crippen LogP contribution in [0.1, 0.15) is 25.5 Å². The van der Waals surface area contributed by atoms with Gasteiger partial charge in [0.1, 0.15) is 0 Å². The first-order valence-corrected chi connectivity index (χ1v) is 6.46. The Morgan fingerprint density at radius 1 is 1.33 bits per heavy atom. The number of nitrogens with one attached hydrogen (secondary N) is 1. The SMILES string of the molecule is C=CC(C)NC(C)c1ccc(Br)cc1Br. The number of benzene rings is 1. The molecule has 0 heterocycles. The van der Waals surface area contributed by atoms with E-state index in [1.165, 1.54) is 5.56 Å². The summed E-state index contributed by atoms with van der Waals surface area (Å²) >= 11 is 7.01. The van der Waals surface area contributed by atoms with E-state index >= 15 is 0 Å². The smallest absolute Gasteiger partial charge is 0.0308 e. The molecular formula is C12H15Br2N. The van der Waals surface area contributed by atoms with Crippen molar-refractivity contribution in [3.05, 3.63) is 45.4 Å². The van der Waals surface area contributed by atoms with Crippen molar-refractivity contribution in [3.63, 3.8) is 0 Å². The van der Waals surface area contributed by atoms with Crippen molar-refractivity contribution in [2.75, 3.05) is 0 Å². The van der Waals surface area contributed by atoms with Crippen LogP contribution in [0.5, 0.6) is 0 Å². The normalized spacial score (nSPS) is 14.7. The monoisotopic (exact) mass is 331 g/mol. The quantitative estimate of drug-likeness (QED) is 0.804. The topological polar surface area (TPSA) is 12.0 Å². The summed E-state index contributed by atoms with van der Waals surface area (Å²) in [5.41, 5.74) is 1.26. The van der Waals surface area contributed by atoms with Crippen LogP contribution < -0.4 is 5.32 Å². The van der Waals surface area contributed by atoms with Gasteiger partial charge in [-0.2, -0.15) is 0 Å². The van der Waals surface area contributed by atoms with Crippen molar-refractivity contribution < 1.29 is 0 Å². The zero-order valence-electron chi connectivity index (χ0n) is 8.93. The van der Waals surface area contributed by atoms with Crippen LogP contribution in [0, 0.1) is 0 Å². The molecule has 3 heteroatoms. The molecule has 0 bridgehead atoms. The summed E-state index contributed by atoms with van der Waals surface area (Å²) in [6.45, 7) is 8.00. The van der Waals surface area contributed by atoms with E-state index in [2.05, 4.69) is 75.8 Å². The average Bonchev–Trinajstić information content (AvgIpc) is 2.17. The fourth-order valence-corrected chi connectivity index (χ4v) is 2.80. The summed E-state index contributed by atoms with van der Waals surface area (Å²) in [6.07, 6.45) is 1.91. The summed E-state index contributed by atoms with van der Waals surface area (Å²) in [5, 5.41) is 3.44. The van der Waals surface area contributed by atoms with E-state index in [0.29, 0.717) is 12.1 Å². The third-order valence-electron chi connectivity index (χ3n) is 2.30. The van der Waals surface area contributed by atoms with E-state index in [9.17, 15) is 0 Å². The lowest BCUT2D eigenvalue weighted by Gasteiger charge is -2.19. The highest BCUT2D eigenvalue weighted by atomic mass is 79.9. The first-order valence-electron chi connectivity index (χ1n) is 4.88. The number of hydrogen-bond acceptors (Lipinski definition) is 1. The minimum absolute atomic E-state index is 0.306. The van der Waals surface area contributed by atoms with Crippen LogP contribution in [0.15, 0.2) is 39.8 Å². The first-order chi connectivity index (χ1) is 7.04. The highest BCUT2D eigenvalue weighted by Gasteiger charge is 2.10. The molecule has 15 heavy (non-hydrogen) atoms. The standard InChI is InChI=1S/C12H15Br2N/c1-4-8(2)15-9(3)11-6-5-10(13)7-12(11)14/h4-9,15H,1H2,2-3H3. The summed E-state index contributed by atoms with van der Waals surface area (Å²) in [4.78, 5) is 0. The molecule has 0 saturated heterocycles. The van der Waals surface area contributed by atoms with Crippen molar-refractivity contribution in [3.8, 4) is 0 Å². The maximum atomic E-state index is 3.76. The van der Waals surface area contributed by atoms with E-state index in [-0.39, 0.29) is 0 Å². The minimum Gasteiger partial charge on any atom is -0.304 e. The Labute approximate surface area is 108 Å². The van der Waals surface area contributed by atoms with Gasteiger partial charge in [-0.1, -0.05) is 44.0 Å². The molecule has 0 aliphatic rings. The largest absolute Gasteiger partial charge is 0.304 e. The second-order valence-electron chi connectivity index (χ2n) is 3.58. The van der Waals surface area contributed by atoms with Crippen LogP contribution >= 0.6 is 31.9 Å². The predicted octanol–water partition coefficient (Wildman–Crippen LogP) is 4.44. The van der Waals surface area contributed by atoms with Crippen molar-refractivity contribution in [1.29, 1.82) is 0 Å². The Hall–Kier alpha value is -0.120. The van der Waals surface area contributed by atoms with Crippen LogP contribution in [-0.4, -0.2) is 6.04 Å². The summed E-state index contributed by atoms with van der Waals surface area (Å²) in [7, 11) is 0. The third kappa shape index (κ3) is 3.74. The summed E-state index contributed by atoms with van der Waals surface area (Å²) in [6, 6.07) is 6.85. The lowest BCUT2D eigenvalue weighted by Crippen LogP contribution is -2.27. The van der Waals surface area contributed by atoms with Gasteiger partial charge in [-0.05, 0) is 31.5 Å². The van der Waals surface area contributed by atoms with Crippen LogP contribution in [0.25, 0.3) is 0 Å². The van der Waals surface area contributed by atoms with Crippen LogP contribution in [0.2, 0.25) is 0 Å². The second kappa shape index (κ2) is 5.83. The zero-order chi connectivity index (χ0) is 11.4. The molecule has 0 aliphatic carbocycles. The molecule has 0 fully saturated rings. The fourth-order valence-electron chi connectivity index (χ4n) is 1.40. The molecule has 0 aromatic heterocycles. The molecule has 0 radical (unpaired) electrons. The Kier molecular flexibility index (Phi) is 5.03. The molecule has 0 saturated carbocycles. The lowest BCUT2D eigenvalue weighted by molar-refractivity contribution is 0.535. The average molecular weight is 333 g/mol. The molecule has 1 nitrogen and oxygen atoms in total. The third-order valence-corrected chi connectivity index (χ3v) is 3.48. The van der Waals surface area contributed by atoms with Gasteiger partial charge in [0.15, 0.2) is 0 Å². The summed E-state index contributed by atoms with van der Waals surface area (Å²) in [5.74, 6) is 0. The molecule has 2 unspecified atom stereocenters. The molecule has 0 aliphatic heterocycles. The van der Waals surface area contributed by atoms with E-state index in [1.54, 1.807) is 0 Å². The molecule has 0 spiro atoms. The maximum Gasteiger partial charge on any atom is 0.0308 e. The van der Waals surface area contributed by atoms with Gasteiger partial charge < -0.3 is 5.32 Å². The fraction of sp³-hybridized carbons (Fsp3) is 0.333. The van der Waals surface area contributed by atoms with E-state index in [0.717, 1.165) is 8.95 Å². The Bertz CT molecular complexity index is 349. The summed E-state index contributed by atoms with van der Waals surface area (Å²) < 4.78 is 2.20. The van der Waals surface area contributed by atoms with Gasteiger partial charge in [0.25, 0.3) is 0 Å². The van der Waals surface area contributed by atoms with Crippen LogP contribution in [0.4, 0.5) is 0 Å². The van der Waals surface area contributed by atoms with Crippen molar-refractivity contribution in [2.45, 2.75) is 25.9 Å². The van der Waals surface area contributed by atoms with Crippen LogP contribution in [0.3, 0.4) is 0 Å². The molecular weight excluding hydrogens is 318 g/mol. The number of hydrogen-bond donors (Lipinski definition) is 1. The highest BCUT2D eigenvalue weighted by Crippen LogP contribution is 2.26. The van der Waals surface area contributed by atoms with Crippen molar-refractivity contribution >= 4 is 31.9 Å². The van der Waals surface area contributed by atoms with E-state index in [4.69, 9.17) is 0 Å². The Morgan fingerprint density at radius 3 is 2.53 bits per heavy atom. The van der Waals surface area contributed by atoms with Crippen molar-refractivity contribution in [1.82, 2.24) is 5.32 Å². The molecule has 1 aromatic carbocycles. The zero-order valence-corrected chi connectivity index (χ0v) is 12.1. The molecule has 82 valence electrons. The first kappa shape index (κ1) is 12.9. The van der Waals surface area contributed by atoms with Gasteiger partial charge in [-0.25, -0.2) is 0 Å². The van der Waals surface area contributed by atoms with Gasteiger partial charge in [0.05, 0.1) is 0 Å². The van der Waals surface area contributed by atoms with Gasteiger partial charge >= 0.3 is 0 Å². The van der Waals surface area contributed by atoms with Gasteiger partial charge in [-0.15, -0.1) is 6.58 Å². The molecule has 1 aromatic rings. The minimum atomic E-state index is 0.306. The van der Waals surface area contributed by atoms with Gasteiger partial charge in [0.2, 0.25) is 0 Å².